The first-order valence-corrected chi connectivity index (χ1v) is 13.7. The molecule has 39 heavy (non-hydrogen) atoms. The Morgan fingerprint density at radius 2 is 1.64 bits per heavy atom. The average Bonchev–Trinajstić information content (AvgIpc) is 3.35. The second kappa shape index (κ2) is 11.8. The van der Waals surface area contributed by atoms with E-state index in [0.717, 1.165) is 33.3 Å². The summed E-state index contributed by atoms with van der Waals surface area (Å²) in [5, 5.41) is 12.1. The predicted molar refractivity (Wildman–Crippen MR) is 151 cm³/mol. The predicted octanol–water partition coefficient (Wildman–Crippen LogP) is 6.01. The molecule has 7 nitrogen and oxygen atoms in total. The molecule has 1 aliphatic rings. The van der Waals surface area contributed by atoms with Gasteiger partial charge in [-0.15, -0.1) is 0 Å². The van der Waals surface area contributed by atoms with Crippen LogP contribution in [0.25, 0.3) is 11.0 Å². The number of carbonyl (C=O) groups is 1. The van der Waals surface area contributed by atoms with Crippen LogP contribution in [0.3, 0.4) is 0 Å². The Balaban J connectivity index is 1.39. The van der Waals surface area contributed by atoms with Crippen molar-refractivity contribution < 1.29 is 19.4 Å². The maximum atomic E-state index is 11.9. The first kappa shape index (κ1) is 27.9. The van der Waals surface area contributed by atoms with Gasteiger partial charge in [-0.25, -0.2) is 4.98 Å². The molecule has 0 saturated carbocycles. The molecule has 10 heteroatoms. The highest BCUT2D eigenvalue weighted by Gasteiger charge is 2.38. The minimum absolute atomic E-state index is 0.0160. The largest absolute Gasteiger partial charge is 0.392 e. The van der Waals surface area contributed by atoms with Gasteiger partial charge in [0, 0.05) is 18.0 Å². The first-order valence-electron chi connectivity index (χ1n) is 12.6. The Bertz CT molecular complexity index is 1420. The molecule has 0 bridgehead atoms. The monoisotopic (exact) mass is 587 g/mol. The van der Waals surface area contributed by atoms with Crippen molar-refractivity contribution in [3.63, 3.8) is 0 Å². The van der Waals surface area contributed by atoms with E-state index in [4.69, 9.17) is 44.3 Å². The van der Waals surface area contributed by atoms with Gasteiger partial charge in [-0.3, -0.25) is 4.79 Å². The normalized spacial score (nSPS) is 21.7. The lowest BCUT2D eigenvalue weighted by Crippen LogP contribution is -2.39. The van der Waals surface area contributed by atoms with E-state index in [9.17, 15) is 9.90 Å². The number of alkyl halides is 3. The molecule has 4 atom stereocenters. The number of hydrogen-bond donors (Lipinski definition) is 2. The molecular weight excluding hydrogens is 561 g/mol. The number of halogens is 3. The fraction of sp³-hybridized carbons (Fsp3) is 0.310. The van der Waals surface area contributed by atoms with Crippen molar-refractivity contribution in [2.45, 2.75) is 48.9 Å². The van der Waals surface area contributed by atoms with E-state index in [-0.39, 0.29) is 31.3 Å². The minimum atomic E-state index is -2.01. The van der Waals surface area contributed by atoms with Crippen LogP contribution in [0, 0.1) is 5.92 Å². The second-order valence-electron chi connectivity index (χ2n) is 9.63. The van der Waals surface area contributed by atoms with Crippen LogP contribution in [0.1, 0.15) is 41.6 Å². The number of hydrogen-bond acceptors (Lipinski definition) is 5. The number of aliphatic hydroxyl groups is 1. The summed E-state index contributed by atoms with van der Waals surface area (Å²) >= 11 is 16.9. The van der Waals surface area contributed by atoms with E-state index >= 15 is 0 Å². The lowest BCUT2D eigenvalue weighted by atomic mass is 9.90. The zero-order chi connectivity index (χ0) is 27.6. The number of aliphatic hydroxyl groups excluding tert-OH is 1. The van der Waals surface area contributed by atoms with E-state index in [2.05, 4.69) is 27.9 Å². The number of aromatic nitrogens is 2. The number of nitrogens with one attached hydrogen (secondary N) is 1. The molecule has 1 aromatic heterocycles. The number of ether oxygens (including phenoxy) is 2. The summed E-state index contributed by atoms with van der Waals surface area (Å²) in [5.74, 6) is -0.659. The number of benzene rings is 3. The molecule has 1 aliphatic heterocycles. The van der Waals surface area contributed by atoms with Crippen molar-refractivity contribution in [3.8, 4) is 0 Å². The average molecular weight is 589 g/mol. The molecule has 0 radical (unpaired) electrons. The third-order valence-corrected chi connectivity index (χ3v) is 7.50. The Morgan fingerprint density at radius 1 is 0.974 bits per heavy atom. The van der Waals surface area contributed by atoms with E-state index in [1.807, 2.05) is 73.1 Å². The standard InChI is InChI=1S/C29H28Cl3N3O4/c1-18-25(15-35-17-34-23-4-2-3-5-24(23)35)38-27(39-26(18)21-10-8-20(16-36)9-11-21)22-12-6-19(7-13-22)14-33-28(37)29(30,31)32/h2-13,17-18,25-27,36H,14-16H2,1H3,(H,33,37)/t18-,25+,26+,27+/m1/s1. The molecule has 1 fully saturated rings. The fourth-order valence-electron chi connectivity index (χ4n) is 4.75. The zero-order valence-corrected chi connectivity index (χ0v) is 23.4. The molecule has 0 aliphatic carbocycles. The van der Waals surface area contributed by atoms with Gasteiger partial charge in [0.2, 0.25) is 0 Å². The third-order valence-electron chi connectivity index (χ3n) is 6.99. The van der Waals surface area contributed by atoms with Crippen molar-refractivity contribution in [2.24, 2.45) is 5.92 Å². The maximum Gasteiger partial charge on any atom is 0.272 e. The molecular formula is C29H28Cl3N3O4. The number of carbonyl (C=O) groups excluding carboxylic acids is 1. The Labute approximate surface area is 241 Å². The van der Waals surface area contributed by atoms with Gasteiger partial charge < -0.3 is 24.5 Å². The van der Waals surface area contributed by atoms with Gasteiger partial charge in [0.05, 0.1) is 42.7 Å². The number of amides is 1. The molecule has 5 rings (SSSR count). The molecule has 2 N–H and O–H groups in total. The fourth-order valence-corrected chi connectivity index (χ4v) is 4.95. The van der Waals surface area contributed by atoms with Crippen molar-refractivity contribution in [1.29, 1.82) is 0 Å². The molecule has 1 amide bonds. The van der Waals surface area contributed by atoms with Crippen LogP contribution in [0.2, 0.25) is 0 Å². The van der Waals surface area contributed by atoms with Crippen LogP contribution < -0.4 is 5.32 Å². The summed E-state index contributed by atoms with van der Waals surface area (Å²) in [6.07, 6.45) is 0.816. The molecule has 4 aromatic rings. The Hall–Kier alpha value is -2.65. The highest BCUT2D eigenvalue weighted by Crippen LogP contribution is 2.42. The number of fused-ring (bicyclic) bond motifs is 1. The molecule has 3 aromatic carbocycles. The molecule has 204 valence electrons. The van der Waals surface area contributed by atoms with Crippen molar-refractivity contribution in [1.82, 2.24) is 14.9 Å². The highest BCUT2D eigenvalue weighted by molar-refractivity contribution is 6.76. The second-order valence-corrected chi connectivity index (χ2v) is 11.9. The summed E-state index contributed by atoms with van der Waals surface area (Å²) < 4.78 is 13.2. The van der Waals surface area contributed by atoms with Gasteiger partial charge in [0.15, 0.2) is 6.29 Å². The summed E-state index contributed by atoms with van der Waals surface area (Å²) in [6.45, 7) is 2.93. The number of rotatable bonds is 7. The number of nitrogens with zero attached hydrogens (tertiary/aromatic N) is 2. The molecule has 0 unspecified atom stereocenters. The molecule has 0 spiro atoms. The zero-order valence-electron chi connectivity index (χ0n) is 21.1. The van der Waals surface area contributed by atoms with Crippen molar-refractivity contribution in [2.75, 3.05) is 0 Å². The van der Waals surface area contributed by atoms with E-state index in [1.165, 1.54) is 0 Å². The van der Waals surface area contributed by atoms with Gasteiger partial charge in [-0.1, -0.05) is 102 Å². The Morgan fingerprint density at radius 3 is 2.33 bits per heavy atom. The lowest BCUT2D eigenvalue weighted by molar-refractivity contribution is -0.276. The quantitative estimate of drug-likeness (QED) is 0.259. The van der Waals surface area contributed by atoms with E-state index < -0.39 is 16.0 Å². The molecule has 1 saturated heterocycles. The Kier molecular flexibility index (Phi) is 8.47. The van der Waals surface area contributed by atoms with Crippen LogP contribution in [-0.4, -0.2) is 30.5 Å². The maximum absolute atomic E-state index is 11.9. The summed E-state index contributed by atoms with van der Waals surface area (Å²) in [6, 6.07) is 23.4. The van der Waals surface area contributed by atoms with Gasteiger partial charge in [0.1, 0.15) is 0 Å². The number of para-hydroxylation sites is 2. The smallest absolute Gasteiger partial charge is 0.272 e. The van der Waals surface area contributed by atoms with Crippen LogP contribution in [-0.2, 0) is 34.0 Å². The van der Waals surface area contributed by atoms with Crippen LogP contribution in [0.4, 0.5) is 0 Å². The van der Waals surface area contributed by atoms with Crippen LogP contribution >= 0.6 is 34.8 Å². The third kappa shape index (κ3) is 6.40. The van der Waals surface area contributed by atoms with Crippen molar-refractivity contribution >= 4 is 51.7 Å². The van der Waals surface area contributed by atoms with Crippen LogP contribution in [0.15, 0.2) is 79.1 Å². The highest BCUT2D eigenvalue weighted by atomic mass is 35.6. The summed E-state index contributed by atoms with van der Waals surface area (Å²) in [5.41, 5.74) is 5.51. The van der Waals surface area contributed by atoms with Gasteiger partial charge in [-0.2, -0.15) is 0 Å². The topological polar surface area (TPSA) is 85.6 Å². The van der Waals surface area contributed by atoms with Gasteiger partial charge in [-0.05, 0) is 28.8 Å². The SMILES string of the molecule is C[C@@H]1[C@H](Cn2cnc3ccccc32)O[C@H](c2ccc(CNC(=O)C(Cl)(Cl)Cl)cc2)O[C@@H]1c1ccc(CO)cc1. The van der Waals surface area contributed by atoms with E-state index in [0.29, 0.717) is 6.54 Å². The van der Waals surface area contributed by atoms with Crippen LogP contribution in [0.5, 0.6) is 0 Å². The summed E-state index contributed by atoms with van der Waals surface area (Å²) in [7, 11) is 0. The minimum Gasteiger partial charge on any atom is -0.392 e. The van der Waals surface area contributed by atoms with Gasteiger partial charge in [0.25, 0.3) is 9.70 Å². The first-order chi connectivity index (χ1) is 18.7. The van der Waals surface area contributed by atoms with E-state index in [1.54, 1.807) is 0 Å². The lowest BCUT2D eigenvalue weighted by Gasteiger charge is -2.41. The summed E-state index contributed by atoms with van der Waals surface area (Å²) in [4.78, 5) is 16.4. The molecule has 2 heterocycles. The van der Waals surface area contributed by atoms with Crippen molar-refractivity contribution in [3.05, 3.63) is 101 Å². The number of imidazole rings is 1. The van der Waals surface area contributed by atoms with Gasteiger partial charge >= 0.3 is 0 Å².